The van der Waals surface area contributed by atoms with Crippen molar-refractivity contribution in [3.63, 3.8) is 0 Å². The molecule has 0 saturated carbocycles. The largest absolute Gasteiger partial charge is 0.478 e. The van der Waals surface area contributed by atoms with Crippen molar-refractivity contribution in [2.45, 2.75) is 32.7 Å². The molecule has 0 atom stereocenters. The van der Waals surface area contributed by atoms with E-state index in [4.69, 9.17) is 5.11 Å². The molecule has 0 spiro atoms. The van der Waals surface area contributed by atoms with E-state index >= 15 is 0 Å². The monoisotopic (exact) mass is 290 g/mol. The SMILES string of the molecule is CCCCNC(=O)CN1CCc2ccc(C(=O)O)cc2C1. The number of carboxylic acids is 1. The third kappa shape index (κ3) is 4.29. The Hall–Kier alpha value is -1.88. The number of carboxylic acid groups (broad SMARTS) is 1. The van der Waals surface area contributed by atoms with Crippen molar-refractivity contribution in [2.75, 3.05) is 19.6 Å². The van der Waals surface area contributed by atoms with E-state index in [9.17, 15) is 9.59 Å². The minimum Gasteiger partial charge on any atom is -0.478 e. The number of nitrogens with zero attached hydrogens (tertiary/aromatic N) is 1. The second kappa shape index (κ2) is 7.22. The van der Waals surface area contributed by atoms with Gasteiger partial charge in [-0.05, 0) is 36.1 Å². The van der Waals surface area contributed by atoms with Crippen LogP contribution in [0.2, 0.25) is 0 Å². The number of benzene rings is 1. The zero-order valence-corrected chi connectivity index (χ0v) is 12.4. The van der Waals surface area contributed by atoms with Gasteiger partial charge in [0.25, 0.3) is 0 Å². The van der Waals surface area contributed by atoms with Crippen LogP contribution in [0.4, 0.5) is 0 Å². The molecule has 1 aliphatic heterocycles. The molecule has 1 aromatic rings. The summed E-state index contributed by atoms with van der Waals surface area (Å²) < 4.78 is 0. The lowest BCUT2D eigenvalue weighted by Gasteiger charge is -2.28. The Bertz CT molecular complexity index is 528. The molecule has 1 heterocycles. The predicted octanol–water partition coefficient (Wildman–Crippen LogP) is 1.66. The van der Waals surface area contributed by atoms with E-state index in [-0.39, 0.29) is 5.91 Å². The molecular weight excluding hydrogens is 268 g/mol. The fraction of sp³-hybridized carbons (Fsp3) is 0.500. The maximum atomic E-state index is 11.8. The van der Waals surface area contributed by atoms with E-state index in [0.29, 0.717) is 18.7 Å². The lowest BCUT2D eigenvalue weighted by atomic mass is 9.97. The van der Waals surface area contributed by atoms with Crippen LogP contribution in [0.25, 0.3) is 0 Å². The molecule has 0 fully saturated rings. The van der Waals surface area contributed by atoms with E-state index in [2.05, 4.69) is 17.1 Å². The number of nitrogens with one attached hydrogen (secondary N) is 1. The van der Waals surface area contributed by atoms with Gasteiger partial charge in [-0.15, -0.1) is 0 Å². The zero-order chi connectivity index (χ0) is 15.2. The lowest BCUT2D eigenvalue weighted by molar-refractivity contribution is -0.122. The third-order valence-corrected chi connectivity index (χ3v) is 3.76. The topological polar surface area (TPSA) is 69.6 Å². The molecule has 0 radical (unpaired) electrons. The molecule has 0 bridgehead atoms. The maximum Gasteiger partial charge on any atom is 0.335 e. The Balaban J connectivity index is 1.93. The van der Waals surface area contributed by atoms with Crippen molar-refractivity contribution in [3.05, 3.63) is 34.9 Å². The number of carbonyl (C=O) groups excluding carboxylic acids is 1. The van der Waals surface area contributed by atoms with E-state index in [1.54, 1.807) is 12.1 Å². The van der Waals surface area contributed by atoms with Gasteiger partial charge in [0, 0.05) is 19.6 Å². The van der Waals surface area contributed by atoms with Gasteiger partial charge in [-0.2, -0.15) is 0 Å². The molecule has 2 rings (SSSR count). The Kier molecular flexibility index (Phi) is 5.33. The normalized spacial score (nSPS) is 14.5. The quantitative estimate of drug-likeness (QED) is 0.782. The van der Waals surface area contributed by atoms with Crippen molar-refractivity contribution >= 4 is 11.9 Å². The van der Waals surface area contributed by atoms with Gasteiger partial charge in [-0.25, -0.2) is 4.79 Å². The maximum absolute atomic E-state index is 11.8. The van der Waals surface area contributed by atoms with Crippen molar-refractivity contribution in [1.82, 2.24) is 10.2 Å². The van der Waals surface area contributed by atoms with Gasteiger partial charge >= 0.3 is 5.97 Å². The van der Waals surface area contributed by atoms with Gasteiger partial charge in [0.1, 0.15) is 0 Å². The number of hydrogen-bond donors (Lipinski definition) is 2. The van der Waals surface area contributed by atoms with Gasteiger partial charge in [0.15, 0.2) is 0 Å². The van der Waals surface area contributed by atoms with Crippen LogP contribution in [-0.4, -0.2) is 41.5 Å². The summed E-state index contributed by atoms with van der Waals surface area (Å²) in [6.45, 7) is 4.66. The second-order valence-corrected chi connectivity index (χ2v) is 5.45. The van der Waals surface area contributed by atoms with Gasteiger partial charge < -0.3 is 10.4 Å². The highest BCUT2D eigenvalue weighted by atomic mass is 16.4. The van der Waals surface area contributed by atoms with Crippen LogP contribution in [0.5, 0.6) is 0 Å². The van der Waals surface area contributed by atoms with Crippen molar-refractivity contribution < 1.29 is 14.7 Å². The smallest absolute Gasteiger partial charge is 0.335 e. The van der Waals surface area contributed by atoms with E-state index in [1.165, 1.54) is 5.56 Å². The lowest BCUT2D eigenvalue weighted by Crippen LogP contribution is -2.40. The molecule has 114 valence electrons. The fourth-order valence-corrected chi connectivity index (χ4v) is 2.55. The molecule has 21 heavy (non-hydrogen) atoms. The van der Waals surface area contributed by atoms with Gasteiger partial charge in [0.05, 0.1) is 12.1 Å². The Morgan fingerprint density at radius 2 is 2.14 bits per heavy atom. The van der Waals surface area contributed by atoms with Crippen LogP contribution in [0.3, 0.4) is 0 Å². The molecule has 1 amide bonds. The van der Waals surface area contributed by atoms with Crippen LogP contribution in [0.1, 0.15) is 41.3 Å². The highest BCUT2D eigenvalue weighted by Gasteiger charge is 2.19. The molecule has 0 aromatic heterocycles. The molecule has 1 aromatic carbocycles. The minimum absolute atomic E-state index is 0.0429. The van der Waals surface area contributed by atoms with Crippen LogP contribution in [-0.2, 0) is 17.8 Å². The molecule has 2 N–H and O–H groups in total. The molecule has 0 unspecified atom stereocenters. The van der Waals surface area contributed by atoms with E-state index in [0.717, 1.165) is 37.9 Å². The zero-order valence-electron chi connectivity index (χ0n) is 12.4. The Morgan fingerprint density at radius 3 is 2.86 bits per heavy atom. The summed E-state index contributed by atoms with van der Waals surface area (Å²) in [5.74, 6) is -0.867. The molecular formula is C16H22N2O3. The average Bonchev–Trinajstić information content (AvgIpc) is 2.46. The molecule has 5 heteroatoms. The highest BCUT2D eigenvalue weighted by Crippen LogP contribution is 2.20. The van der Waals surface area contributed by atoms with Gasteiger partial charge in [-0.3, -0.25) is 9.69 Å². The average molecular weight is 290 g/mol. The van der Waals surface area contributed by atoms with Crippen molar-refractivity contribution in [3.8, 4) is 0 Å². The Morgan fingerprint density at radius 1 is 1.33 bits per heavy atom. The van der Waals surface area contributed by atoms with Crippen molar-refractivity contribution in [2.24, 2.45) is 0 Å². The second-order valence-electron chi connectivity index (χ2n) is 5.45. The van der Waals surface area contributed by atoms with Crippen LogP contribution in [0, 0.1) is 0 Å². The number of fused-ring (bicyclic) bond motifs is 1. The molecule has 5 nitrogen and oxygen atoms in total. The first-order valence-electron chi connectivity index (χ1n) is 7.44. The summed E-state index contributed by atoms with van der Waals surface area (Å²) in [4.78, 5) is 24.9. The first kappa shape index (κ1) is 15.5. The number of hydrogen-bond acceptors (Lipinski definition) is 3. The number of aromatic carboxylic acids is 1. The number of amides is 1. The number of unbranched alkanes of at least 4 members (excludes halogenated alkanes) is 1. The summed E-state index contributed by atoms with van der Waals surface area (Å²) >= 11 is 0. The molecule has 0 saturated heterocycles. The predicted molar refractivity (Wildman–Crippen MR) is 80.3 cm³/mol. The Labute approximate surface area is 125 Å². The molecule has 1 aliphatic rings. The van der Waals surface area contributed by atoms with E-state index < -0.39 is 5.97 Å². The van der Waals surface area contributed by atoms with Crippen LogP contribution < -0.4 is 5.32 Å². The minimum atomic E-state index is -0.910. The standard InChI is InChI=1S/C16H22N2O3/c1-2-3-7-17-15(19)11-18-8-6-12-4-5-13(16(20)21)9-14(12)10-18/h4-5,9H,2-3,6-8,10-11H2,1H3,(H,17,19)(H,20,21). The first-order chi connectivity index (χ1) is 10.1. The van der Waals surface area contributed by atoms with E-state index in [1.807, 2.05) is 6.07 Å². The molecule has 0 aliphatic carbocycles. The summed E-state index contributed by atoms with van der Waals surface area (Å²) in [6, 6.07) is 5.25. The summed E-state index contributed by atoms with van der Waals surface area (Å²) in [5, 5.41) is 12.0. The number of carbonyl (C=O) groups is 2. The summed E-state index contributed by atoms with van der Waals surface area (Å²) in [5.41, 5.74) is 2.51. The highest BCUT2D eigenvalue weighted by molar-refractivity contribution is 5.88. The van der Waals surface area contributed by atoms with Gasteiger partial charge in [-0.1, -0.05) is 19.4 Å². The number of rotatable bonds is 6. The first-order valence-corrected chi connectivity index (χ1v) is 7.44. The van der Waals surface area contributed by atoms with Crippen LogP contribution in [0.15, 0.2) is 18.2 Å². The third-order valence-electron chi connectivity index (χ3n) is 3.76. The fourth-order valence-electron chi connectivity index (χ4n) is 2.55. The summed E-state index contributed by atoms with van der Waals surface area (Å²) in [6.07, 6.45) is 2.92. The van der Waals surface area contributed by atoms with Crippen LogP contribution >= 0.6 is 0 Å². The van der Waals surface area contributed by atoms with Gasteiger partial charge in [0.2, 0.25) is 5.91 Å². The van der Waals surface area contributed by atoms with Crippen molar-refractivity contribution in [1.29, 1.82) is 0 Å². The summed E-state index contributed by atoms with van der Waals surface area (Å²) in [7, 11) is 0.